The van der Waals surface area contributed by atoms with Gasteiger partial charge in [-0.3, -0.25) is 19.2 Å². The van der Waals surface area contributed by atoms with Crippen molar-refractivity contribution in [3.63, 3.8) is 0 Å². The molecule has 254 valence electrons. The SMILES string of the molecule is CC(=O)O[C@@H]1[C@H](C)CC(O)=C2C(=O)c3c(ccc(-c4ccc5c(c4O)C(=O)C4=C(O)C[C@@H](C)[C@@H](OC(C)=O)[C@@]4(CO)O5)c3O)O[C@@]21CO. The highest BCUT2D eigenvalue weighted by Crippen LogP contribution is 2.54. The summed E-state index contributed by atoms with van der Waals surface area (Å²) in [6.45, 7) is 3.90. The molecule has 14 nitrogen and oxygen atoms in total. The first kappa shape index (κ1) is 32.8. The van der Waals surface area contributed by atoms with Crippen molar-refractivity contribution in [2.24, 2.45) is 11.8 Å². The summed E-state index contributed by atoms with van der Waals surface area (Å²) >= 11 is 0. The van der Waals surface area contributed by atoms with E-state index in [1.54, 1.807) is 13.8 Å². The number of benzene rings is 2. The maximum atomic E-state index is 14.0. The number of phenolic OH excluding ortho intramolecular Hbond substituents is 2. The van der Waals surface area contributed by atoms with Crippen LogP contribution in [0, 0.1) is 11.8 Å². The van der Waals surface area contributed by atoms with Gasteiger partial charge in [0.05, 0.1) is 24.4 Å². The lowest BCUT2D eigenvalue weighted by atomic mass is 9.70. The fourth-order valence-electron chi connectivity index (χ4n) is 7.60. The Kier molecular flexibility index (Phi) is 7.71. The number of aliphatic hydroxyl groups excluding tert-OH is 4. The van der Waals surface area contributed by atoms with Crippen molar-refractivity contribution < 1.29 is 68.8 Å². The number of hydrogen-bond donors (Lipinski definition) is 6. The van der Waals surface area contributed by atoms with Crippen LogP contribution in [0.25, 0.3) is 11.1 Å². The summed E-state index contributed by atoms with van der Waals surface area (Å²) in [7, 11) is 0. The molecular weight excluding hydrogens is 632 g/mol. The predicted octanol–water partition coefficient (Wildman–Crippen LogP) is 2.94. The Morgan fingerprint density at radius 2 is 1.06 bits per heavy atom. The maximum Gasteiger partial charge on any atom is 0.303 e. The van der Waals surface area contributed by atoms with Gasteiger partial charge in [-0.2, -0.15) is 0 Å². The lowest BCUT2D eigenvalue weighted by Crippen LogP contribution is -2.62. The number of ether oxygens (including phenoxy) is 4. The van der Waals surface area contributed by atoms with Gasteiger partial charge in [0.25, 0.3) is 0 Å². The zero-order chi connectivity index (χ0) is 35.0. The molecular formula is C34H34O14. The normalized spacial score (nSPS) is 29.1. The highest BCUT2D eigenvalue weighted by molar-refractivity contribution is 6.18. The Hall–Kier alpha value is -5.08. The molecule has 0 unspecified atom stereocenters. The van der Waals surface area contributed by atoms with Crippen molar-refractivity contribution in [3.8, 4) is 34.1 Å². The molecule has 2 aliphatic heterocycles. The Morgan fingerprint density at radius 1 is 0.708 bits per heavy atom. The van der Waals surface area contributed by atoms with E-state index in [0.717, 1.165) is 13.8 Å². The number of allylic oxidation sites excluding steroid dienone is 2. The van der Waals surface area contributed by atoms with Gasteiger partial charge >= 0.3 is 11.9 Å². The minimum Gasteiger partial charge on any atom is -0.512 e. The summed E-state index contributed by atoms with van der Waals surface area (Å²) in [4.78, 5) is 51.9. The van der Waals surface area contributed by atoms with Crippen LogP contribution in [-0.2, 0) is 19.1 Å². The van der Waals surface area contributed by atoms with Crippen LogP contribution in [0.1, 0.15) is 61.3 Å². The molecule has 2 aliphatic carbocycles. The summed E-state index contributed by atoms with van der Waals surface area (Å²) in [6, 6.07) is 5.15. The molecule has 4 aliphatic rings. The number of aliphatic hydroxyl groups is 4. The minimum absolute atomic E-state index is 0.0945. The molecule has 6 rings (SSSR count). The van der Waals surface area contributed by atoms with E-state index in [2.05, 4.69) is 0 Å². The molecule has 0 aromatic heterocycles. The number of fused-ring (bicyclic) bond motifs is 4. The summed E-state index contributed by atoms with van der Waals surface area (Å²) in [5.74, 6) is -7.00. The molecule has 2 heterocycles. The number of phenols is 2. The smallest absolute Gasteiger partial charge is 0.303 e. The van der Waals surface area contributed by atoms with Crippen molar-refractivity contribution >= 4 is 23.5 Å². The van der Waals surface area contributed by atoms with Gasteiger partial charge in [-0.05, 0) is 24.3 Å². The van der Waals surface area contributed by atoms with Gasteiger partial charge in [-0.1, -0.05) is 13.8 Å². The van der Waals surface area contributed by atoms with Crippen LogP contribution in [0.15, 0.2) is 46.9 Å². The summed E-state index contributed by atoms with van der Waals surface area (Å²) in [6.07, 6.45) is -2.52. The molecule has 0 saturated heterocycles. The molecule has 48 heavy (non-hydrogen) atoms. The van der Waals surface area contributed by atoms with Crippen LogP contribution in [0.3, 0.4) is 0 Å². The quantitative estimate of drug-likeness (QED) is 0.252. The number of carbonyl (C=O) groups is 4. The van der Waals surface area contributed by atoms with Gasteiger partial charge < -0.3 is 49.6 Å². The number of ketones is 2. The molecule has 6 N–H and O–H groups in total. The van der Waals surface area contributed by atoms with E-state index in [1.165, 1.54) is 24.3 Å². The highest BCUT2D eigenvalue weighted by Gasteiger charge is 2.60. The van der Waals surface area contributed by atoms with Crippen LogP contribution in [-0.4, -0.2) is 90.8 Å². The van der Waals surface area contributed by atoms with Crippen LogP contribution < -0.4 is 9.47 Å². The topological polar surface area (TPSA) is 227 Å². The van der Waals surface area contributed by atoms with E-state index in [4.69, 9.17) is 18.9 Å². The summed E-state index contributed by atoms with van der Waals surface area (Å²) in [5.41, 5.74) is -5.85. The van der Waals surface area contributed by atoms with Crippen molar-refractivity contribution in [1.29, 1.82) is 0 Å². The summed E-state index contributed by atoms with van der Waals surface area (Å²) < 4.78 is 23.1. The number of hydrogen-bond acceptors (Lipinski definition) is 14. The third-order valence-electron chi connectivity index (χ3n) is 9.52. The molecule has 0 saturated carbocycles. The molecule has 0 amide bonds. The third-order valence-corrected chi connectivity index (χ3v) is 9.52. The minimum atomic E-state index is -1.97. The lowest BCUT2D eigenvalue weighted by Gasteiger charge is -2.48. The second-order valence-corrected chi connectivity index (χ2v) is 12.7. The van der Waals surface area contributed by atoms with E-state index in [9.17, 15) is 49.8 Å². The summed E-state index contributed by atoms with van der Waals surface area (Å²) in [5, 5.41) is 65.9. The monoisotopic (exact) mass is 666 g/mol. The highest BCUT2D eigenvalue weighted by atomic mass is 16.6. The van der Waals surface area contributed by atoms with Crippen molar-refractivity contribution in [2.45, 2.75) is 63.9 Å². The molecule has 2 aromatic carbocycles. The number of esters is 2. The second kappa shape index (κ2) is 11.3. The number of aromatic hydroxyl groups is 2. The zero-order valence-electron chi connectivity index (χ0n) is 26.4. The molecule has 2 aromatic rings. The fraction of sp³-hybridized carbons (Fsp3) is 0.412. The Morgan fingerprint density at radius 3 is 1.38 bits per heavy atom. The standard InChI is InChI=1S/C34H34O14/c1-13-9-19(39)25-29(43)23-21(47-33(25,11-35)31(13)45-15(3)37)7-5-17(27(23)41)18-6-8-22-24(28(18)42)30(44)26-20(40)10-14(2)32(46-16(4)38)34(26,12-36)48-22/h5-8,13-14,31-32,35-36,39-42H,9-12H2,1-4H3/t13-,14-,31-,32-,33+,34+/m1/s1. The average Bonchev–Trinajstić information content (AvgIpc) is 3.01. The average molecular weight is 667 g/mol. The fourth-order valence-corrected chi connectivity index (χ4v) is 7.60. The van der Waals surface area contributed by atoms with Crippen molar-refractivity contribution in [2.75, 3.05) is 13.2 Å². The maximum absolute atomic E-state index is 14.0. The van der Waals surface area contributed by atoms with Gasteiger partial charge in [0, 0.05) is 49.7 Å². The third kappa shape index (κ3) is 4.46. The van der Waals surface area contributed by atoms with E-state index >= 15 is 0 Å². The molecule has 14 heteroatoms. The zero-order valence-corrected chi connectivity index (χ0v) is 26.4. The van der Waals surface area contributed by atoms with E-state index in [1.807, 2.05) is 0 Å². The molecule has 0 fully saturated rings. The van der Waals surface area contributed by atoms with E-state index in [-0.39, 0.29) is 35.5 Å². The first-order chi connectivity index (χ1) is 22.6. The molecule has 0 bridgehead atoms. The van der Waals surface area contributed by atoms with Crippen molar-refractivity contribution in [1.82, 2.24) is 0 Å². The molecule has 6 atom stereocenters. The molecule has 0 spiro atoms. The van der Waals surface area contributed by atoms with Gasteiger partial charge in [0.15, 0.2) is 12.2 Å². The molecule has 0 radical (unpaired) electrons. The predicted molar refractivity (Wildman–Crippen MR) is 163 cm³/mol. The van der Waals surface area contributed by atoms with Gasteiger partial charge in [-0.25, -0.2) is 0 Å². The Bertz CT molecular complexity index is 1720. The van der Waals surface area contributed by atoms with Crippen LogP contribution >= 0.6 is 0 Å². The van der Waals surface area contributed by atoms with E-state index in [0.29, 0.717) is 0 Å². The van der Waals surface area contributed by atoms with Crippen molar-refractivity contribution in [3.05, 3.63) is 58.1 Å². The largest absolute Gasteiger partial charge is 0.512 e. The number of rotatable bonds is 5. The van der Waals surface area contributed by atoms with E-state index < -0.39 is 117 Å². The first-order valence-corrected chi connectivity index (χ1v) is 15.2. The Balaban J connectivity index is 1.48. The van der Waals surface area contributed by atoms with Gasteiger partial charge in [0.2, 0.25) is 22.8 Å². The van der Waals surface area contributed by atoms with Gasteiger partial charge in [-0.15, -0.1) is 0 Å². The number of Topliss-reactive ketones (excluding diaryl/α,β-unsaturated/α-hetero) is 2. The van der Waals surface area contributed by atoms with Gasteiger partial charge in [0.1, 0.15) is 45.6 Å². The Labute approximate surface area is 273 Å². The lowest BCUT2D eigenvalue weighted by molar-refractivity contribution is -0.169. The van der Waals surface area contributed by atoms with Crippen LogP contribution in [0.5, 0.6) is 23.0 Å². The second-order valence-electron chi connectivity index (χ2n) is 12.7. The number of carbonyl (C=O) groups excluding carboxylic acids is 4. The first-order valence-electron chi connectivity index (χ1n) is 15.2. The van der Waals surface area contributed by atoms with Crippen LogP contribution in [0.2, 0.25) is 0 Å². The van der Waals surface area contributed by atoms with Crippen LogP contribution in [0.4, 0.5) is 0 Å².